The SMILES string of the molecule is COc1ccc2[nH]cc(C(C)C=NNC(N)=NCCCCc3c[nH]c4ccccc34)c2c1. The molecule has 7 nitrogen and oxygen atoms in total. The summed E-state index contributed by atoms with van der Waals surface area (Å²) in [5.74, 6) is 1.27. The molecule has 0 aliphatic heterocycles. The van der Waals surface area contributed by atoms with Crippen molar-refractivity contribution in [1.29, 1.82) is 0 Å². The van der Waals surface area contributed by atoms with E-state index in [-0.39, 0.29) is 5.92 Å². The molecule has 0 aliphatic rings. The highest BCUT2D eigenvalue weighted by Gasteiger charge is 2.10. The maximum absolute atomic E-state index is 5.96. The summed E-state index contributed by atoms with van der Waals surface area (Å²) in [6.45, 7) is 2.76. The summed E-state index contributed by atoms with van der Waals surface area (Å²) in [5.41, 5.74) is 13.5. The van der Waals surface area contributed by atoms with Gasteiger partial charge in [0.2, 0.25) is 5.96 Å². The number of aliphatic imine (C=N–C) groups is 1. The van der Waals surface area contributed by atoms with Gasteiger partial charge in [-0.2, -0.15) is 5.10 Å². The number of H-pyrrole nitrogens is 2. The minimum atomic E-state index is 0.104. The van der Waals surface area contributed by atoms with Gasteiger partial charge in [0.25, 0.3) is 0 Å². The average molecular weight is 431 g/mol. The molecule has 0 aliphatic carbocycles. The fourth-order valence-electron chi connectivity index (χ4n) is 3.92. The number of para-hydroxylation sites is 1. The van der Waals surface area contributed by atoms with Gasteiger partial charge in [-0.05, 0) is 54.7 Å². The number of aromatic nitrogens is 2. The zero-order chi connectivity index (χ0) is 22.3. The van der Waals surface area contributed by atoms with Crippen molar-refractivity contribution >= 4 is 34.0 Å². The average Bonchev–Trinajstić information content (AvgIpc) is 3.42. The number of aryl methyl sites for hydroxylation is 1. The molecule has 2 aromatic carbocycles. The predicted octanol–water partition coefficient (Wildman–Crippen LogP) is 4.67. The van der Waals surface area contributed by atoms with Crippen LogP contribution in [0.15, 0.2) is 65.0 Å². The second-order valence-corrected chi connectivity index (χ2v) is 7.92. The van der Waals surface area contributed by atoms with E-state index in [0.717, 1.165) is 41.5 Å². The van der Waals surface area contributed by atoms with Crippen LogP contribution in [-0.4, -0.2) is 35.8 Å². The van der Waals surface area contributed by atoms with Crippen LogP contribution in [0.1, 0.15) is 36.8 Å². The fourth-order valence-corrected chi connectivity index (χ4v) is 3.92. The van der Waals surface area contributed by atoms with Crippen LogP contribution in [0.4, 0.5) is 0 Å². The first-order valence-corrected chi connectivity index (χ1v) is 10.9. The van der Waals surface area contributed by atoms with Gasteiger partial charge < -0.3 is 20.4 Å². The molecule has 166 valence electrons. The third kappa shape index (κ3) is 4.94. The third-order valence-corrected chi connectivity index (χ3v) is 5.70. The van der Waals surface area contributed by atoms with Crippen molar-refractivity contribution in [3.8, 4) is 5.75 Å². The molecular weight excluding hydrogens is 400 g/mol. The number of ether oxygens (including phenoxy) is 1. The Bertz CT molecular complexity index is 1240. The maximum atomic E-state index is 5.96. The summed E-state index contributed by atoms with van der Waals surface area (Å²) >= 11 is 0. The van der Waals surface area contributed by atoms with E-state index in [1.54, 1.807) is 7.11 Å². The van der Waals surface area contributed by atoms with Crippen molar-refractivity contribution < 1.29 is 4.74 Å². The molecule has 1 unspecified atom stereocenters. The van der Waals surface area contributed by atoms with Crippen LogP contribution < -0.4 is 15.9 Å². The zero-order valence-corrected chi connectivity index (χ0v) is 18.6. The van der Waals surface area contributed by atoms with Crippen LogP contribution in [-0.2, 0) is 6.42 Å². The molecular formula is C25H30N6O. The number of unbranched alkanes of at least 4 members (excludes halogenated alkanes) is 1. The van der Waals surface area contributed by atoms with Crippen LogP contribution in [0.2, 0.25) is 0 Å². The van der Waals surface area contributed by atoms with E-state index >= 15 is 0 Å². The lowest BCUT2D eigenvalue weighted by Crippen LogP contribution is -2.27. The smallest absolute Gasteiger partial charge is 0.209 e. The van der Waals surface area contributed by atoms with Crippen molar-refractivity contribution in [2.45, 2.75) is 32.1 Å². The largest absolute Gasteiger partial charge is 0.497 e. The Balaban J connectivity index is 1.24. The summed E-state index contributed by atoms with van der Waals surface area (Å²) in [6, 6.07) is 14.4. The number of fused-ring (bicyclic) bond motifs is 2. The fraction of sp³-hybridized carbons (Fsp3) is 0.280. The topological polar surface area (TPSA) is 104 Å². The Labute approximate surface area is 187 Å². The summed E-state index contributed by atoms with van der Waals surface area (Å²) in [7, 11) is 1.67. The Hall–Kier alpha value is -3.74. The molecule has 1 atom stereocenters. The Kier molecular flexibility index (Phi) is 6.75. The number of aromatic amines is 2. The first kappa shape index (κ1) is 21.5. The molecule has 0 fully saturated rings. The highest BCUT2D eigenvalue weighted by molar-refractivity contribution is 5.88. The van der Waals surface area contributed by atoms with Gasteiger partial charge >= 0.3 is 0 Å². The normalized spacial score (nSPS) is 13.2. The number of benzene rings is 2. The maximum Gasteiger partial charge on any atom is 0.209 e. The molecule has 0 bridgehead atoms. The number of nitrogens with two attached hydrogens (primary N) is 1. The zero-order valence-electron chi connectivity index (χ0n) is 18.6. The van der Waals surface area contributed by atoms with E-state index in [0.29, 0.717) is 12.5 Å². The van der Waals surface area contributed by atoms with Crippen LogP contribution in [0.5, 0.6) is 5.75 Å². The number of rotatable bonds is 9. The highest BCUT2D eigenvalue weighted by Crippen LogP contribution is 2.28. The van der Waals surface area contributed by atoms with E-state index in [9.17, 15) is 0 Å². The van der Waals surface area contributed by atoms with E-state index in [1.807, 2.05) is 36.7 Å². The van der Waals surface area contributed by atoms with Crippen LogP contribution in [0.25, 0.3) is 21.8 Å². The van der Waals surface area contributed by atoms with Crippen LogP contribution in [0, 0.1) is 0 Å². The minimum Gasteiger partial charge on any atom is -0.497 e. The van der Waals surface area contributed by atoms with Gasteiger partial charge in [-0.15, -0.1) is 0 Å². The number of methoxy groups -OCH3 is 1. The molecule has 0 radical (unpaired) electrons. The molecule has 0 saturated heterocycles. The van der Waals surface area contributed by atoms with Crippen molar-refractivity contribution in [3.05, 3.63) is 66.0 Å². The molecule has 32 heavy (non-hydrogen) atoms. The molecule has 2 heterocycles. The number of hydrazone groups is 1. The molecule has 0 amide bonds. The van der Waals surface area contributed by atoms with E-state index in [2.05, 4.69) is 56.8 Å². The molecule has 7 heteroatoms. The van der Waals surface area contributed by atoms with Gasteiger partial charge in [-0.25, -0.2) is 5.43 Å². The summed E-state index contributed by atoms with van der Waals surface area (Å²) in [5, 5.41) is 6.70. The standard InChI is InChI=1S/C25H30N6O/c1-17(22-16-29-24-11-10-19(32-2)13-21(22)24)14-30-31-25(26)27-12-6-5-7-18-15-28-23-9-4-3-8-20(18)23/h3-4,8-11,13-17,28-29H,5-7,12H2,1-2H3,(H3,26,27,31). The minimum absolute atomic E-state index is 0.104. The summed E-state index contributed by atoms with van der Waals surface area (Å²) in [6.07, 6.45) is 9.00. The monoisotopic (exact) mass is 430 g/mol. The van der Waals surface area contributed by atoms with Gasteiger partial charge in [-0.1, -0.05) is 25.1 Å². The van der Waals surface area contributed by atoms with Crippen LogP contribution in [0.3, 0.4) is 0 Å². The van der Waals surface area contributed by atoms with E-state index < -0.39 is 0 Å². The number of nitrogens with one attached hydrogen (secondary N) is 3. The lowest BCUT2D eigenvalue weighted by atomic mass is 10.0. The Morgan fingerprint density at radius 2 is 1.91 bits per heavy atom. The quantitative estimate of drug-likeness (QED) is 0.134. The molecule has 4 aromatic rings. The summed E-state index contributed by atoms with van der Waals surface area (Å²) < 4.78 is 5.34. The van der Waals surface area contributed by atoms with Crippen molar-refractivity contribution in [1.82, 2.24) is 15.4 Å². The first-order valence-electron chi connectivity index (χ1n) is 10.9. The van der Waals surface area contributed by atoms with E-state index in [1.165, 1.54) is 16.5 Å². The third-order valence-electron chi connectivity index (χ3n) is 5.70. The summed E-state index contributed by atoms with van der Waals surface area (Å²) in [4.78, 5) is 11.0. The Morgan fingerprint density at radius 3 is 2.78 bits per heavy atom. The lowest BCUT2D eigenvalue weighted by Gasteiger charge is -2.06. The molecule has 4 rings (SSSR count). The number of hydrogen-bond donors (Lipinski definition) is 4. The molecule has 0 spiro atoms. The highest BCUT2D eigenvalue weighted by atomic mass is 16.5. The number of guanidine groups is 1. The van der Waals surface area contributed by atoms with Gasteiger partial charge in [0, 0.05) is 52.9 Å². The number of nitrogens with zero attached hydrogens (tertiary/aromatic N) is 2. The van der Waals surface area contributed by atoms with E-state index in [4.69, 9.17) is 10.5 Å². The van der Waals surface area contributed by atoms with Crippen LogP contribution >= 0.6 is 0 Å². The van der Waals surface area contributed by atoms with Gasteiger partial charge in [-0.3, -0.25) is 4.99 Å². The number of hydrogen-bond acceptors (Lipinski definition) is 3. The predicted molar refractivity (Wildman–Crippen MR) is 133 cm³/mol. The second-order valence-electron chi connectivity index (χ2n) is 7.92. The van der Waals surface area contributed by atoms with Gasteiger partial charge in [0.15, 0.2) is 0 Å². The van der Waals surface area contributed by atoms with Crippen molar-refractivity contribution in [2.24, 2.45) is 15.8 Å². The molecule has 2 aromatic heterocycles. The van der Waals surface area contributed by atoms with Gasteiger partial charge in [0.05, 0.1) is 7.11 Å². The first-order chi connectivity index (χ1) is 15.7. The van der Waals surface area contributed by atoms with Crippen molar-refractivity contribution in [2.75, 3.05) is 13.7 Å². The second kappa shape index (κ2) is 10.0. The lowest BCUT2D eigenvalue weighted by molar-refractivity contribution is 0.415. The molecule has 0 saturated carbocycles. The Morgan fingerprint density at radius 1 is 1.09 bits per heavy atom. The van der Waals surface area contributed by atoms with Crippen molar-refractivity contribution in [3.63, 3.8) is 0 Å². The molecule has 5 N–H and O–H groups in total. The van der Waals surface area contributed by atoms with Gasteiger partial charge in [0.1, 0.15) is 5.75 Å².